The second kappa shape index (κ2) is 9.38. The highest BCUT2D eigenvalue weighted by Gasteiger charge is 1.94. The van der Waals surface area contributed by atoms with Crippen molar-refractivity contribution in [3.05, 3.63) is 71.8 Å². The quantitative estimate of drug-likeness (QED) is 0.673. The molecule has 0 amide bonds. The predicted molar refractivity (Wildman–Crippen MR) is 85.4 cm³/mol. The van der Waals surface area contributed by atoms with Crippen LogP contribution in [0.2, 0.25) is 0 Å². The third-order valence-corrected chi connectivity index (χ3v) is 3.10. The zero-order valence-electron chi connectivity index (χ0n) is 12.5. The highest BCUT2D eigenvalue weighted by atomic mass is 14.0. The molecule has 19 heavy (non-hydrogen) atoms. The van der Waals surface area contributed by atoms with Crippen LogP contribution in [-0.4, -0.2) is 0 Å². The van der Waals surface area contributed by atoms with Gasteiger partial charge in [-0.15, -0.1) is 0 Å². The highest BCUT2D eigenvalue weighted by Crippen LogP contribution is 2.07. The van der Waals surface area contributed by atoms with E-state index in [1.54, 1.807) is 0 Å². The molecule has 0 atom stereocenters. The number of hydrogen-bond acceptors (Lipinski definition) is 0. The molecule has 0 aliphatic heterocycles. The Hall–Kier alpha value is -1.56. The molecule has 0 unspecified atom stereocenters. The summed E-state index contributed by atoms with van der Waals surface area (Å²) in [6.45, 7) is 6.70. The van der Waals surface area contributed by atoms with E-state index in [2.05, 4.69) is 75.4 Å². The summed E-state index contributed by atoms with van der Waals surface area (Å²) < 4.78 is 0. The fourth-order valence-electron chi connectivity index (χ4n) is 1.81. The van der Waals surface area contributed by atoms with Crippen LogP contribution in [0.15, 0.2) is 60.7 Å². The van der Waals surface area contributed by atoms with E-state index in [-0.39, 0.29) is 0 Å². The second-order valence-electron chi connectivity index (χ2n) is 5.26. The Labute approximate surface area is 118 Å². The monoisotopic (exact) mass is 254 g/mol. The van der Waals surface area contributed by atoms with E-state index in [1.807, 2.05) is 6.07 Å². The van der Waals surface area contributed by atoms with Gasteiger partial charge in [-0.2, -0.15) is 0 Å². The van der Waals surface area contributed by atoms with Gasteiger partial charge in [-0.25, -0.2) is 0 Å². The first-order valence-corrected chi connectivity index (χ1v) is 7.30. The van der Waals surface area contributed by atoms with Gasteiger partial charge in [0.25, 0.3) is 0 Å². The summed E-state index contributed by atoms with van der Waals surface area (Å²) in [6.07, 6.45) is 3.66. The van der Waals surface area contributed by atoms with Gasteiger partial charge in [0.05, 0.1) is 0 Å². The lowest BCUT2D eigenvalue weighted by Crippen LogP contribution is -1.91. The average molecular weight is 254 g/mol. The summed E-state index contributed by atoms with van der Waals surface area (Å²) in [5.41, 5.74) is 2.87. The summed E-state index contributed by atoms with van der Waals surface area (Å²) in [5.74, 6) is 0.815. The van der Waals surface area contributed by atoms with Crippen molar-refractivity contribution < 1.29 is 0 Å². The predicted octanol–water partition coefficient (Wildman–Crippen LogP) is 5.52. The third-order valence-electron chi connectivity index (χ3n) is 3.10. The maximum atomic E-state index is 2.27. The van der Waals surface area contributed by atoms with Gasteiger partial charge in [0.15, 0.2) is 0 Å². The van der Waals surface area contributed by atoms with Gasteiger partial charge in [0, 0.05) is 0 Å². The minimum Gasteiger partial charge on any atom is -0.0628 e. The van der Waals surface area contributed by atoms with Crippen molar-refractivity contribution in [1.82, 2.24) is 0 Å². The molecule has 0 aromatic heterocycles. The van der Waals surface area contributed by atoms with Crippen LogP contribution < -0.4 is 0 Å². The second-order valence-corrected chi connectivity index (χ2v) is 5.26. The van der Waals surface area contributed by atoms with Crippen molar-refractivity contribution in [2.24, 2.45) is 5.92 Å². The van der Waals surface area contributed by atoms with Gasteiger partial charge in [0.2, 0.25) is 0 Å². The lowest BCUT2D eigenvalue weighted by molar-refractivity contribution is 0.587. The molecule has 0 heteroatoms. The van der Waals surface area contributed by atoms with Crippen LogP contribution in [0.25, 0.3) is 0 Å². The molecule has 0 aliphatic rings. The molecule has 0 nitrogen and oxygen atoms in total. The van der Waals surface area contributed by atoms with E-state index in [0.29, 0.717) is 0 Å². The van der Waals surface area contributed by atoms with E-state index in [9.17, 15) is 0 Å². The molecule has 0 radical (unpaired) electrons. The summed E-state index contributed by atoms with van der Waals surface area (Å²) in [5, 5.41) is 0. The van der Waals surface area contributed by atoms with Gasteiger partial charge >= 0.3 is 0 Å². The Morgan fingerprint density at radius 2 is 1.21 bits per heavy atom. The summed E-state index contributed by atoms with van der Waals surface area (Å²) in [6, 6.07) is 21.1. The Morgan fingerprint density at radius 1 is 0.737 bits per heavy atom. The summed E-state index contributed by atoms with van der Waals surface area (Å²) >= 11 is 0. The number of rotatable bonds is 4. The standard InChI is InChI=1S/C11H16.C8H10/c1-10(2)8-9-11-6-4-3-5-7-11;1-2-8-6-4-3-5-7-8/h3-7,10H,8-9H2,1-2H3;3-7H,2H2,1H3. The smallest absolute Gasteiger partial charge is 0.0276 e. The van der Waals surface area contributed by atoms with Gasteiger partial charge in [-0.1, -0.05) is 81.4 Å². The molecular formula is C19H26. The first kappa shape index (κ1) is 15.5. The van der Waals surface area contributed by atoms with Crippen LogP contribution >= 0.6 is 0 Å². The fraction of sp³-hybridized carbons (Fsp3) is 0.368. The molecule has 0 heterocycles. The lowest BCUT2D eigenvalue weighted by atomic mass is 10.0. The minimum atomic E-state index is 0.815. The summed E-state index contributed by atoms with van der Waals surface area (Å²) in [7, 11) is 0. The Balaban J connectivity index is 0.000000200. The molecule has 0 N–H and O–H groups in total. The van der Waals surface area contributed by atoms with E-state index in [0.717, 1.165) is 12.3 Å². The normalized spacial score (nSPS) is 9.89. The maximum absolute atomic E-state index is 2.27. The molecule has 0 aliphatic carbocycles. The van der Waals surface area contributed by atoms with E-state index in [4.69, 9.17) is 0 Å². The minimum absolute atomic E-state index is 0.815. The molecule has 2 aromatic rings. The lowest BCUT2D eigenvalue weighted by Gasteiger charge is -2.03. The third kappa shape index (κ3) is 7.46. The molecule has 0 saturated carbocycles. The number of benzene rings is 2. The van der Waals surface area contributed by atoms with Crippen molar-refractivity contribution in [3.63, 3.8) is 0 Å². The fourth-order valence-corrected chi connectivity index (χ4v) is 1.81. The van der Waals surface area contributed by atoms with Gasteiger partial charge in [-0.3, -0.25) is 0 Å². The largest absolute Gasteiger partial charge is 0.0628 e. The molecule has 0 bridgehead atoms. The van der Waals surface area contributed by atoms with Crippen molar-refractivity contribution in [2.45, 2.75) is 40.0 Å². The Kier molecular flexibility index (Phi) is 7.65. The van der Waals surface area contributed by atoms with Crippen LogP contribution in [0.1, 0.15) is 38.3 Å². The molecule has 2 aromatic carbocycles. The Morgan fingerprint density at radius 3 is 1.58 bits per heavy atom. The van der Waals surface area contributed by atoms with Crippen LogP contribution in [0, 0.1) is 5.92 Å². The van der Waals surface area contributed by atoms with Crippen LogP contribution in [0.4, 0.5) is 0 Å². The zero-order chi connectivity index (χ0) is 13.9. The maximum Gasteiger partial charge on any atom is -0.0276 e. The van der Waals surface area contributed by atoms with Crippen molar-refractivity contribution in [3.8, 4) is 0 Å². The topological polar surface area (TPSA) is 0 Å². The molecule has 102 valence electrons. The highest BCUT2D eigenvalue weighted by molar-refractivity contribution is 5.14. The SMILES string of the molecule is CC(C)CCc1ccccc1.CCc1ccccc1. The van der Waals surface area contributed by atoms with Crippen molar-refractivity contribution in [1.29, 1.82) is 0 Å². The number of aryl methyl sites for hydroxylation is 2. The average Bonchev–Trinajstić information content (AvgIpc) is 2.48. The van der Waals surface area contributed by atoms with E-state index < -0.39 is 0 Å². The van der Waals surface area contributed by atoms with Crippen molar-refractivity contribution >= 4 is 0 Å². The van der Waals surface area contributed by atoms with E-state index >= 15 is 0 Å². The Bertz CT molecular complexity index is 414. The van der Waals surface area contributed by atoms with E-state index in [1.165, 1.54) is 24.0 Å². The first-order valence-electron chi connectivity index (χ1n) is 7.30. The summed E-state index contributed by atoms with van der Waals surface area (Å²) in [4.78, 5) is 0. The molecular weight excluding hydrogens is 228 g/mol. The van der Waals surface area contributed by atoms with Gasteiger partial charge in [-0.05, 0) is 36.3 Å². The molecule has 2 rings (SSSR count). The van der Waals surface area contributed by atoms with Crippen LogP contribution in [0.5, 0.6) is 0 Å². The van der Waals surface area contributed by atoms with Crippen molar-refractivity contribution in [2.75, 3.05) is 0 Å². The van der Waals surface area contributed by atoms with Gasteiger partial charge < -0.3 is 0 Å². The molecule has 0 fully saturated rings. The zero-order valence-corrected chi connectivity index (χ0v) is 12.5. The van der Waals surface area contributed by atoms with Crippen LogP contribution in [-0.2, 0) is 12.8 Å². The molecule has 0 spiro atoms. The first-order chi connectivity index (χ1) is 9.22. The van der Waals surface area contributed by atoms with Crippen LogP contribution in [0.3, 0.4) is 0 Å². The van der Waals surface area contributed by atoms with Gasteiger partial charge in [0.1, 0.15) is 0 Å². The molecule has 0 saturated heterocycles. The number of hydrogen-bond donors (Lipinski definition) is 0.